The van der Waals surface area contributed by atoms with Crippen LogP contribution in [-0.2, 0) is 16.0 Å². The molecule has 0 aliphatic heterocycles. The molecule has 1 unspecified atom stereocenters. The molecule has 0 aliphatic carbocycles. The van der Waals surface area contributed by atoms with Gasteiger partial charge in [0.05, 0.1) is 13.0 Å². The number of benzene rings is 2. The summed E-state index contributed by atoms with van der Waals surface area (Å²) in [6.45, 7) is 6.44. The summed E-state index contributed by atoms with van der Waals surface area (Å²) in [6, 6.07) is 14.3. The van der Waals surface area contributed by atoms with Crippen molar-refractivity contribution < 1.29 is 9.53 Å². The lowest BCUT2D eigenvalue weighted by molar-refractivity contribution is -0.143. The molecule has 0 heterocycles. The van der Waals surface area contributed by atoms with Gasteiger partial charge in [0.2, 0.25) is 0 Å². The molecule has 0 radical (unpaired) electrons. The maximum atomic E-state index is 11.8. The van der Waals surface area contributed by atoms with E-state index in [4.69, 9.17) is 16.3 Å². The largest absolute Gasteiger partial charge is 0.466 e. The molecule has 0 fully saturated rings. The van der Waals surface area contributed by atoms with Crippen molar-refractivity contribution in [2.24, 2.45) is 0 Å². The summed E-state index contributed by atoms with van der Waals surface area (Å²) in [5.41, 5.74) is 4.73. The lowest BCUT2D eigenvalue weighted by atomic mass is 9.87. The molecule has 0 aromatic heterocycles. The molecular formula is C20H23ClO2. The van der Waals surface area contributed by atoms with Crippen molar-refractivity contribution >= 4 is 17.6 Å². The maximum absolute atomic E-state index is 11.8. The van der Waals surface area contributed by atoms with E-state index < -0.39 is 0 Å². The Balaban J connectivity index is 2.40. The molecule has 2 nitrogen and oxygen atoms in total. The summed E-state index contributed by atoms with van der Waals surface area (Å²) in [6.07, 6.45) is 1.30. The van der Waals surface area contributed by atoms with E-state index in [0.29, 0.717) is 13.0 Å². The first-order chi connectivity index (χ1) is 11.1. The summed E-state index contributed by atoms with van der Waals surface area (Å²) >= 11 is 6.13. The second-order valence-electron chi connectivity index (χ2n) is 5.65. The van der Waals surface area contributed by atoms with Crippen LogP contribution in [0.3, 0.4) is 0 Å². The molecule has 2 aromatic rings. The van der Waals surface area contributed by atoms with Crippen LogP contribution in [0.4, 0.5) is 0 Å². The summed E-state index contributed by atoms with van der Waals surface area (Å²) in [4.78, 5) is 11.8. The van der Waals surface area contributed by atoms with E-state index in [1.165, 1.54) is 11.1 Å². The predicted octanol–water partition coefficient (Wildman–Crippen LogP) is 5.63. The monoisotopic (exact) mass is 330 g/mol. The first-order valence-electron chi connectivity index (χ1n) is 8.10. The standard InChI is InChI=1S/C20H23ClO2/c1-4-15-13-16(21)10-11-18(15)19-9-7-6-8-17(19)14(3)12-20(22)23-5-2/h6-11,13-14H,4-5,12H2,1-3H3. The van der Waals surface area contributed by atoms with Gasteiger partial charge in [-0.25, -0.2) is 0 Å². The molecular weight excluding hydrogens is 308 g/mol. The molecule has 0 spiro atoms. The first kappa shape index (κ1) is 17.6. The van der Waals surface area contributed by atoms with Crippen LogP contribution in [0, 0.1) is 0 Å². The molecule has 1 atom stereocenters. The fraction of sp³-hybridized carbons (Fsp3) is 0.350. The highest BCUT2D eigenvalue weighted by molar-refractivity contribution is 6.30. The second kappa shape index (κ2) is 8.16. The fourth-order valence-electron chi connectivity index (χ4n) is 2.87. The van der Waals surface area contributed by atoms with Gasteiger partial charge in [-0.2, -0.15) is 0 Å². The van der Waals surface area contributed by atoms with Crippen LogP contribution < -0.4 is 0 Å². The minimum absolute atomic E-state index is 0.102. The molecule has 23 heavy (non-hydrogen) atoms. The molecule has 0 N–H and O–H groups in total. The quantitative estimate of drug-likeness (QED) is 0.642. The number of aryl methyl sites for hydroxylation is 1. The van der Waals surface area contributed by atoms with Crippen molar-refractivity contribution in [3.63, 3.8) is 0 Å². The van der Waals surface area contributed by atoms with E-state index >= 15 is 0 Å². The van der Waals surface area contributed by atoms with Gasteiger partial charge < -0.3 is 4.74 Å². The molecule has 0 saturated heterocycles. The highest BCUT2D eigenvalue weighted by atomic mass is 35.5. The zero-order chi connectivity index (χ0) is 16.8. The highest BCUT2D eigenvalue weighted by Gasteiger charge is 2.17. The predicted molar refractivity (Wildman–Crippen MR) is 95.9 cm³/mol. The van der Waals surface area contributed by atoms with E-state index in [9.17, 15) is 4.79 Å². The minimum atomic E-state index is -0.151. The van der Waals surface area contributed by atoms with Crippen molar-refractivity contribution in [2.75, 3.05) is 6.61 Å². The van der Waals surface area contributed by atoms with Gasteiger partial charge in [0.15, 0.2) is 0 Å². The maximum Gasteiger partial charge on any atom is 0.306 e. The average Bonchev–Trinajstić information content (AvgIpc) is 2.54. The number of ether oxygens (including phenoxy) is 1. The van der Waals surface area contributed by atoms with Crippen LogP contribution in [0.25, 0.3) is 11.1 Å². The third kappa shape index (κ3) is 4.35. The van der Waals surface area contributed by atoms with Gasteiger partial charge in [-0.3, -0.25) is 4.79 Å². The number of carbonyl (C=O) groups excluding carboxylic acids is 1. The van der Waals surface area contributed by atoms with Crippen LogP contribution in [-0.4, -0.2) is 12.6 Å². The Hall–Kier alpha value is -1.80. The topological polar surface area (TPSA) is 26.3 Å². The number of halogens is 1. The first-order valence-corrected chi connectivity index (χ1v) is 8.47. The molecule has 0 bridgehead atoms. The molecule has 122 valence electrons. The van der Waals surface area contributed by atoms with Gasteiger partial charge in [-0.15, -0.1) is 0 Å². The van der Waals surface area contributed by atoms with Crippen LogP contribution in [0.1, 0.15) is 44.2 Å². The van der Waals surface area contributed by atoms with Crippen LogP contribution >= 0.6 is 11.6 Å². The lowest BCUT2D eigenvalue weighted by Gasteiger charge is -2.18. The molecule has 2 aromatic carbocycles. The SMILES string of the molecule is CCOC(=O)CC(C)c1ccccc1-c1ccc(Cl)cc1CC. The summed E-state index contributed by atoms with van der Waals surface area (Å²) in [7, 11) is 0. The number of esters is 1. The Kier molecular flexibility index (Phi) is 6.23. The Bertz CT molecular complexity index is 679. The van der Waals surface area contributed by atoms with Crippen LogP contribution in [0.5, 0.6) is 0 Å². The number of rotatable bonds is 6. The van der Waals surface area contributed by atoms with Crippen LogP contribution in [0.2, 0.25) is 5.02 Å². The van der Waals surface area contributed by atoms with Gasteiger partial charge in [-0.05, 0) is 53.6 Å². The molecule has 0 amide bonds. The van der Waals surface area contributed by atoms with Gasteiger partial charge in [0.1, 0.15) is 0 Å². The molecule has 0 saturated carbocycles. The number of hydrogen-bond donors (Lipinski definition) is 0. The molecule has 2 rings (SSSR count). The Labute approximate surface area is 143 Å². The fourth-order valence-corrected chi connectivity index (χ4v) is 3.06. The van der Waals surface area contributed by atoms with Gasteiger partial charge in [-0.1, -0.05) is 55.8 Å². The Morgan fingerprint density at radius 2 is 1.87 bits per heavy atom. The van der Waals surface area contributed by atoms with Gasteiger partial charge in [0.25, 0.3) is 0 Å². The normalized spacial score (nSPS) is 12.0. The van der Waals surface area contributed by atoms with Crippen molar-refractivity contribution in [3.05, 3.63) is 58.6 Å². The summed E-state index contributed by atoms with van der Waals surface area (Å²) in [5, 5.41) is 0.752. The number of hydrogen-bond acceptors (Lipinski definition) is 2. The van der Waals surface area contributed by atoms with Crippen molar-refractivity contribution in [1.82, 2.24) is 0 Å². The van der Waals surface area contributed by atoms with E-state index in [-0.39, 0.29) is 11.9 Å². The van der Waals surface area contributed by atoms with Crippen molar-refractivity contribution in [1.29, 1.82) is 0 Å². The third-order valence-electron chi connectivity index (χ3n) is 4.01. The summed E-state index contributed by atoms with van der Waals surface area (Å²) in [5.74, 6) is -0.0488. The average molecular weight is 331 g/mol. The zero-order valence-electron chi connectivity index (χ0n) is 13.9. The van der Waals surface area contributed by atoms with E-state index in [2.05, 4.69) is 32.0 Å². The van der Waals surface area contributed by atoms with Gasteiger partial charge in [0, 0.05) is 5.02 Å². The second-order valence-corrected chi connectivity index (χ2v) is 6.09. The van der Waals surface area contributed by atoms with E-state index in [1.807, 2.05) is 31.2 Å². The highest BCUT2D eigenvalue weighted by Crippen LogP contribution is 2.34. The summed E-state index contributed by atoms with van der Waals surface area (Å²) < 4.78 is 5.08. The molecule has 0 aliphatic rings. The smallest absolute Gasteiger partial charge is 0.306 e. The lowest BCUT2D eigenvalue weighted by Crippen LogP contribution is -2.09. The number of carbonyl (C=O) groups is 1. The van der Waals surface area contributed by atoms with Crippen molar-refractivity contribution in [2.45, 2.75) is 39.5 Å². The van der Waals surface area contributed by atoms with Gasteiger partial charge >= 0.3 is 5.97 Å². The minimum Gasteiger partial charge on any atom is -0.466 e. The van der Waals surface area contributed by atoms with E-state index in [1.54, 1.807) is 0 Å². The van der Waals surface area contributed by atoms with E-state index in [0.717, 1.165) is 22.6 Å². The van der Waals surface area contributed by atoms with Crippen molar-refractivity contribution in [3.8, 4) is 11.1 Å². The molecule has 3 heteroatoms. The third-order valence-corrected chi connectivity index (χ3v) is 4.24. The Morgan fingerprint density at radius 1 is 1.13 bits per heavy atom. The van der Waals surface area contributed by atoms with Crippen LogP contribution in [0.15, 0.2) is 42.5 Å². The Morgan fingerprint density at radius 3 is 2.57 bits per heavy atom. The zero-order valence-corrected chi connectivity index (χ0v) is 14.7.